The summed E-state index contributed by atoms with van der Waals surface area (Å²) in [6.07, 6.45) is 2.21. The van der Waals surface area contributed by atoms with Crippen LogP contribution in [0.2, 0.25) is 0 Å². The lowest BCUT2D eigenvalue weighted by Crippen LogP contribution is -2.49. The minimum atomic E-state index is -1.19. The Bertz CT molecular complexity index is 3250. The number of rotatable bonds is 31. The molecule has 1 aliphatic carbocycles. The first-order chi connectivity index (χ1) is 47.0. The summed E-state index contributed by atoms with van der Waals surface area (Å²) in [6.45, 7) is 7.48. The molecule has 0 bridgehead atoms. The van der Waals surface area contributed by atoms with Crippen LogP contribution >= 0.6 is 0 Å². The summed E-state index contributed by atoms with van der Waals surface area (Å²) >= 11 is 0. The standard InChI is InChI=1S/C73H99N9O16/c1-5-47(4)63(42-72(93)94)81-69(89)38-53(34-49-24-27-56(83)28-25-49)78-68(88)40-55-44-97-32-16-15-31-96-43-54(39-67(87)77-52(33-48-17-7-6-8-18-48)37-66(86)76-51(26-29-71(91)92)36-65(85)80-55)79-64(84)35-50(19-13-14-30-74)75-70(90)41-62(46(2)3)82-73(95)98-45-61-59-22-11-9-20-57(59)58-21-10-12-23-60(58)61/h6-12,15-18,20-25,27-28,46-47,50-55,61-63,83H,5,13-14,19,26,29-45,74H2,1-4H3,(H,75,90)(H,76,86)(H,77,87)(H,78,88)(H,79,84)(H,80,85)(H,81,89)(H,82,95)(H,91,92)(H,93,94)/b16-15-/t47-,50-,51?,52?,53-,54+,55?,62+,63+/m0/s1. The summed E-state index contributed by atoms with van der Waals surface area (Å²) in [7, 11) is 0. The third-order valence-corrected chi connectivity index (χ3v) is 17.4. The summed E-state index contributed by atoms with van der Waals surface area (Å²) < 4.78 is 17.8. The number of carboxylic acids is 2. The molecule has 532 valence electrons. The van der Waals surface area contributed by atoms with Crippen LogP contribution in [-0.2, 0) is 70.2 Å². The van der Waals surface area contributed by atoms with Crippen molar-refractivity contribution in [3.05, 3.63) is 138 Å². The number of phenolic OH excluding ortho intramolecular Hbond substituents is 1. The van der Waals surface area contributed by atoms with Gasteiger partial charge in [0.25, 0.3) is 0 Å². The molecule has 13 N–H and O–H groups in total. The van der Waals surface area contributed by atoms with Gasteiger partial charge in [-0.05, 0) is 96.0 Å². The maximum absolute atomic E-state index is 14.2. The average molecular weight is 1360 g/mol. The Hall–Kier alpha value is -9.20. The van der Waals surface area contributed by atoms with Gasteiger partial charge in [-0.25, -0.2) is 4.79 Å². The predicted octanol–water partition coefficient (Wildman–Crippen LogP) is 5.98. The third-order valence-electron chi connectivity index (χ3n) is 17.4. The Morgan fingerprint density at radius 3 is 1.82 bits per heavy atom. The number of carboxylic acid groups (broad SMARTS) is 2. The molecule has 0 radical (unpaired) electrons. The van der Waals surface area contributed by atoms with Crippen LogP contribution in [0.25, 0.3) is 11.1 Å². The molecule has 0 saturated heterocycles. The fourth-order valence-corrected chi connectivity index (χ4v) is 12.1. The van der Waals surface area contributed by atoms with Gasteiger partial charge in [-0.15, -0.1) is 0 Å². The lowest BCUT2D eigenvalue weighted by atomic mass is 9.95. The van der Waals surface area contributed by atoms with Crippen molar-refractivity contribution < 1.29 is 77.5 Å². The van der Waals surface area contributed by atoms with Crippen molar-refractivity contribution in [1.29, 1.82) is 0 Å². The first kappa shape index (κ1) is 77.8. The van der Waals surface area contributed by atoms with E-state index in [-0.39, 0.29) is 121 Å². The number of carbonyl (C=O) groups is 10. The molecule has 25 heteroatoms. The van der Waals surface area contributed by atoms with E-state index in [1.54, 1.807) is 36.4 Å². The molecule has 0 spiro atoms. The largest absolute Gasteiger partial charge is 0.508 e. The number of unbranched alkanes of at least 4 members (excludes halogenated alkanes) is 1. The number of benzene rings is 4. The van der Waals surface area contributed by atoms with Gasteiger partial charge in [0.1, 0.15) is 12.4 Å². The van der Waals surface area contributed by atoms with Gasteiger partial charge >= 0.3 is 18.0 Å². The topological polar surface area (TPSA) is 381 Å². The second-order valence-corrected chi connectivity index (χ2v) is 25.8. The minimum Gasteiger partial charge on any atom is -0.508 e. The highest BCUT2D eigenvalue weighted by Gasteiger charge is 2.32. The van der Waals surface area contributed by atoms with Crippen molar-refractivity contribution in [2.24, 2.45) is 17.6 Å². The highest BCUT2D eigenvalue weighted by atomic mass is 16.5. The summed E-state index contributed by atoms with van der Waals surface area (Å²) in [6, 6.07) is 24.6. The summed E-state index contributed by atoms with van der Waals surface area (Å²) in [5.74, 6) is -6.62. The van der Waals surface area contributed by atoms with E-state index in [4.69, 9.17) is 19.9 Å². The number of nitrogens with two attached hydrogens (primary N) is 1. The quantitative estimate of drug-likeness (QED) is 0.0203. The van der Waals surface area contributed by atoms with Crippen LogP contribution in [0.3, 0.4) is 0 Å². The number of ether oxygens (including phenoxy) is 3. The van der Waals surface area contributed by atoms with Gasteiger partial charge in [0.05, 0.1) is 44.9 Å². The Morgan fingerprint density at radius 1 is 0.602 bits per heavy atom. The Labute approximate surface area is 573 Å². The molecule has 8 amide bonds. The second-order valence-electron chi connectivity index (χ2n) is 25.8. The van der Waals surface area contributed by atoms with E-state index < -0.39 is 121 Å². The number of aromatic hydroxyl groups is 1. The number of carbonyl (C=O) groups excluding carboxylic acids is 8. The number of hydrogen-bond donors (Lipinski definition) is 12. The highest BCUT2D eigenvalue weighted by Crippen LogP contribution is 2.44. The van der Waals surface area contributed by atoms with Gasteiger partial charge in [-0.1, -0.05) is 144 Å². The fraction of sp³-hybridized carbons (Fsp3) is 0.507. The van der Waals surface area contributed by atoms with E-state index in [0.717, 1.165) is 27.8 Å². The van der Waals surface area contributed by atoms with Crippen LogP contribution in [0.4, 0.5) is 4.79 Å². The molecular weight excluding hydrogens is 1260 g/mol. The molecule has 3 unspecified atom stereocenters. The third kappa shape index (κ3) is 28.1. The average Bonchev–Trinajstić information content (AvgIpc) is 1.62. The summed E-state index contributed by atoms with van der Waals surface area (Å²) in [5.41, 5.74) is 11.6. The Balaban J connectivity index is 1.15. The molecule has 0 aromatic heterocycles. The zero-order chi connectivity index (χ0) is 70.9. The van der Waals surface area contributed by atoms with Gasteiger partial charge in [-0.3, -0.25) is 43.2 Å². The van der Waals surface area contributed by atoms with E-state index in [9.17, 15) is 63.3 Å². The molecule has 0 saturated carbocycles. The van der Waals surface area contributed by atoms with Crippen LogP contribution in [0, 0.1) is 11.8 Å². The maximum atomic E-state index is 14.2. The zero-order valence-electron chi connectivity index (χ0n) is 56.6. The Morgan fingerprint density at radius 2 is 1.18 bits per heavy atom. The molecule has 4 aromatic carbocycles. The van der Waals surface area contributed by atoms with Crippen molar-refractivity contribution in [2.75, 3.05) is 39.6 Å². The number of fused-ring (bicyclic) bond motifs is 3. The SMILES string of the molecule is CC[C@H](C)[C@@H](CC(=O)O)NC(=O)C[C@H](Cc1ccc(O)cc1)NC(=O)CC1COC/C=C\COC[C@H](NC(=O)C[C@H](CCCCN)NC(=O)C[C@@H](NC(=O)OCC2c3ccccc3-c3ccccc32)C(C)C)CC(=O)NC(Cc2ccccc2)CC(=O)NC(CCC(=O)O)CC(=O)N1. The molecule has 2 aliphatic rings. The maximum Gasteiger partial charge on any atom is 0.407 e. The second kappa shape index (κ2) is 41.1. The monoisotopic (exact) mass is 1360 g/mol. The molecule has 4 aromatic rings. The van der Waals surface area contributed by atoms with Gasteiger partial charge in [0.15, 0.2) is 0 Å². The van der Waals surface area contributed by atoms with Crippen LogP contribution in [-0.4, -0.2) is 163 Å². The van der Waals surface area contributed by atoms with E-state index in [1.165, 1.54) is 12.1 Å². The van der Waals surface area contributed by atoms with Crippen molar-refractivity contribution in [3.8, 4) is 16.9 Å². The lowest BCUT2D eigenvalue weighted by Gasteiger charge is -2.26. The normalized spacial score (nSPS) is 19.1. The number of phenols is 1. The fourth-order valence-electron chi connectivity index (χ4n) is 12.1. The number of alkyl carbamates (subject to hydrolysis) is 1. The van der Waals surface area contributed by atoms with Gasteiger partial charge < -0.3 is 77.8 Å². The molecule has 98 heavy (non-hydrogen) atoms. The van der Waals surface area contributed by atoms with Crippen molar-refractivity contribution in [2.45, 2.75) is 185 Å². The van der Waals surface area contributed by atoms with Gasteiger partial charge in [0.2, 0.25) is 41.4 Å². The number of aliphatic carboxylic acids is 2. The number of nitrogens with one attached hydrogen (secondary N) is 8. The van der Waals surface area contributed by atoms with Gasteiger partial charge in [0, 0.05) is 93.5 Å². The zero-order valence-corrected chi connectivity index (χ0v) is 56.6. The minimum absolute atomic E-state index is 0.00208. The smallest absolute Gasteiger partial charge is 0.407 e. The van der Waals surface area contributed by atoms with Crippen LogP contribution in [0.15, 0.2) is 115 Å². The van der Waals surface area contributed by atoms with Crippen LogP contribution in [0.5, 0.6) is 5.75 Å². The lowest BCUT2D eigenvalue weighted by molar-refractivity contribution is -0.139. The molecule has 1 aliphatic heterocycles. The summed E-state index contributed by atoms with van der Waals surface area (Å²) in [4.78, 5) is 135. The molecule has 25 nitrogen and oxygen atoms in total. The summed E-state index contributed by atoms with van der Waals surface area (Å²) in [5, 5.41) is 52.4. The molecule has 1 heterocycles. The van der Waals surface area contributed by atoms with Gasteiger partial charge in [-0.2, -0.15) is 0 Å². The van der Waals surface area contributed by atoms with E-state index >= 15 is 0 Å². The van der Waals surface area contributed by atoms with Crippen molar-refractivity contribution in [1.82, 2.24) is 42.5 Å². The first-order valence-electron chi connectivity index (χ1n) is 34.0. The van der Waals surface area contributed by atoms with E-state index in [1.807, 2.05) is 94.4 Å². The number of hydrogen-bond acceptors (Lipinski definition) is 15. The first-order valence-corrected chi connectivity index (χ1v) is 34.0. The molecule has 6 rings (SSSR count). The number of amides is 8. The molecular formula is C73H99N9O16. The Kier molecular flexibility index (Phi) is 32.7. The van der Waals surface area contributed by atoms with E-state index in [2.05, 4.69) is 42.5 Å². The van der Waals surface area contributed by atoms with Crippen LogP contribution in [0.1, 0.15) is 146 Å². The van der Waals surface area contributed by atoms with Crippen molar-refractivity contribution >= 4 is 59.4 Å². The van der Waals surface area contributed by atoms with Crippen molar-refractivity contribution in [3.63, 3.8) is 0 Å². The molecule has 0 fully saturated rings. The van der Waals surface area contributed by atoms with Crippen LogP contribution < -0.4 is 48.3 Å². The van der Waals surface area contributed by atoms with E-state index in [0.29, 0.717) is 37.8 Å². The molecule has 9 atom stereocenters. The highest BCUT2D eigenvalue weighted by molar-refractivity contribution is 5.85. The predicted molar refractivity (Wildman–Crippen MR) is 367 cm³/mol.